The van der Waals surface area contributed by atoms with Crippen LogP contribution in [0, 0.1) is 0 Å². The number of benzene rings is 2. The predicted molar refractivity (Wildman–Crippen MR) is 147 cm³/mol. The van der Waals surface area contributed by atoms with Crippen LogP contribution in [-0.4, -0.2) is 62.3 Å². The molecule has 0 heterocycles. The van der Waals surface area contributed by atoms with Crippen LogP contribution in [0.2, 0.25) is 0 Å². The molecular weight excluding hydrogens is 508 g/mol. The second-order valence-electron chi connectivity index (χ2n) is 9.72. The third-order valence-electron chi connectivity index (χ3n) is 6.71. The third kappa shape index (κ3) is 9.18. The van der Waals surface area contributed by atoms with Gasteiger partial charge in [-0.3, -0.25) is 4.72 Å². The topological polar surface area (TPSA) is 134 Å². The Labute approximate surface area is 225 Å². The van der Waals surface area contributed by atoms with E-state index in [9.17, 15) is 23.4 Å². The molecule has 1 aliphatic rings. The number of carbonyl (C=O) groups excluding carboxylic acids is 1. The summed E-state index contributed by atoms with van der Waals surface area (Å²) < 4.78 is 37.4. The van der Waals surface area contributed by atoms with Crippen LogP contribution < -0.4 is 14.8 Å². The van der Waals surface area contributed by atoms with E-state index < -0.39 is 16.1 Å². The van der Waals surface area contributed by atoms with Gasteiger partial charge in [0.25, 0.3) is 0 Å². The standard InChI is InChI=1S/C28H40N2O7S/c1-3-5-16-38(34,35)30-26-17-25(14-15-27(26)32)37-19-24(31)18-29-23-12-10-21(11-13-23)20-6-8-22(9-7-20)28(33)36-4-2/h6-9,14-15,17,21,23-24,29-32H,3-5,10-13,16,18-19H2,1-2H3/t21-,23-,24-/m0/s1. The highest BCUT2D eigenvalue weighted by Crippen LogP contribution is 2.33. The molecule has 1 saturated carbocycles. The lowest BCUT2D eigenvalue weighted by Gasteiger charge is -2.30. The second kappa shape index (κ2) is 14.4. The first kappa shape index (κ1) is 29.7. The van der Waals surface area contributed by atoms with Crippen molar-refractivity contribution in [2.24, 2.45) is 0 Å². The number of aliphatic hydroxyl groups excluding tert-OH is 1. The van der Waals surface area contributed by atoms with Crippen molar-refractivity contribution >= 4 is 21.7 Å². The van der Waals surface area contributed by atoms with Gasteiger partial charge >= 0.3 is 5.97 Å². The summed E-state index contributed by atoms with van der Waals surface area (Å²) in [7, 11) is -3.56. The van der Waals surface area contributed by atoms with Gasteiger partial charge in [0.15, 0.2) is 0 Å². The molecule has 2 aromatic rings. The lowest BCUT2D eigenvalue weighted by molar-refractivity contribution is 0.0526. The summed E-state index contributed by atoms with van der Waals surface area (Å²) in [5.74, 6) is 0.282. The highest BCUT2D eigenvalue weighted by Gasteiger charge is 2.23. The third-order valence-corrected chi connectivity index (χ3v) is 8.06. The van der Waals surface area contributed by atoms with Gasteiger partial charge in [-0.1, -0.05) is 25.5 Å². The molecule has 1 fully saturated rings. The Balaban J connectivity index is 1.40. The number of hydrogen-bond donors (Lipinski definition) is 4. The van der Waals surface area contributed by atoms with E-state index in [1.807, 2.05) is 31.2 Å². The number of nitrogens with one attached hydrogen (secondary N) is 2. The van der Waals surface area contributed by atoms with Crippen molar-refractivity contribution in [1.82, 2.24) is 5.32 Å². The van der Waals surface area contributed by atoms with Crippen molar-refractivity contribution < 1.29 is 32.9 Å². The van der Waals surface area contributed by atoms with E-state index in [4.69, 9.17) is 9.47 Å². The normalized spacial score (nSPS) is 18.5. The summed E-state index contributed by atoms with van der Waals surface area (Å²) in [6.07, 6.45) is 4.53. The maximum Gasteiger partial charge on any atom is 0.338 e. The molecule has 0 unspecified atom stereocenters. The van der Waals surface area contributed by atoms with E-state index in [1.54, 1.807) is 6.92 Å². The monoisotopic (exact) mass is 548 g/mol. The number of esters is 1. The maximum absolute atomic E-state index is 12.2. The molecule has 0 aromatic heterocycles. The summed E-state index contributed by atoms with van der Waals surface area (Å²) in [5, 5.41) is 23.8. The van der Waals surface area contributed by atoms with E-state index >= 15 is 0 Å². The SMILES string of the molecule is CCCCS(=O)(=O)Nc1cc(OC[C@@H](O)CN[C@H]2CC[C@H](c3ccc(C(=O)OCC)cc3)CC2)ccc1O. The molecule has 9 nitrogen and oxygen atoms in total. The fraction of sp³-hybridized carbons (Fsp3) is 0.536. The fourth-order valence-electron chi connectivity index (χ4n) is 4.53. The molecule has 0 spiro atoms. The number of carbonyl (C=O) groups is 1. The molecule has 10 heteroatoms. The number of rotatable bonds is 14. The Morgan fingerprint density at radius 1 is 1.08 bits per heavy atom. The molecule has 0 bridgehead atoms. The van der Waals surface area contributed by atoms with E-state index in [-0.39, 0.29) is 29.8 Å². The molecule has 38 heavy (non-hydrogen) atoms. The number of sulfonamides is 1. The summed E-state index contributed by atoms with van der Waals surface area (Å²) in [6, 6.07) is 12.3. The van der Waals surface area contributed by atoms with Gasteiger partial charge < -0.3 is 25.0 Å². The molecular formula is C28H40N2O7S. The second-order valence-corrected chi connectivity index (χ2v) is 11.6. The molecule has 4 N–H and O–H groups in total. The number of hydrogen-bond acceptors (Lipinski definition) is 8. The molecule has 0 radical (unpaired) electrons. The van der Waals surface area contributed by atoms with Crippen LogP contribution in [0.1, 0.15) is 74.2 Å². The number of unbranched alkanes of at least 4 members (excludes halogenated alkanes) is 1. The van der Waals surface area contributed by atoms with Gasteiger partial charge in [-0.05, 0) is 74.8 Å². The van der Waals surface area contributed by atoms with Gasteiger partial charge in [-0.15, -0.1) is 0 Å². The summed E-state index contributed by atoms with van der Waals surface area (Å²) in [5.41, 5.74) is 1.85. The molecule has 0 aliphatic heterocycles. The van der Waals surface area contributed by atoms with E-state index in [2.05, 4.69) is 10.0 Å². The van der Waals surface area contributed by atoms with Crippen molar-refractivity contribution in [3.8, 4) is 11.5 Å². The van der Waals surface area contributed by atoms with Crippen LogP contribution in [0.4, 0.5) is 5.69 Å². The quantitative estimate of drug-likeness (QED) is 0.204. The number of aromatic hydroxyl groups is 1. The lowest BCUT2D eigenvalue weighted by atomic mass is 9.81. The molecule has 210 valence electrons. The minimum Gasteiger partial charge on any atom is -0.506 e. The Bertz CT molecular complexity index is 1130. The number of phenols is 1. The van der Waals surface area contributed by atoms with Gasteiger partial charge in [-0.25, -0.2) is 13.2 Å². The average molecular weight is 549 g/mol. The van der Waals surface area contributed by atoms with E-state index in [0.29, 0.717) is 42.8 Å². The zero-order chi connectivity index (χ0) is 27.5. The van der Waals surface area contributed by atoms with Gasteiger partial charge in [-0.2, -0.15) is 0 Å². The molecule has 0 saturated heterocycles. The van der Waals surface area contributed by atoms with Gasteiger partial charge in [0, 0.05) is 18.7 Å². The van der Waals surface area contributed by atoms with Gasteiger partial charge in [0.05, 0.1) is 23.6 Å². The number of phenolic OH excluding ortho intramolecular Hbond substituents is 1. The zero-order valence-electron chi connectivity index (χ0n) is 22.2. The Morgan fingerprint density at radius 2 is 1.79 bits per heavy atom. The maximum atomic E-state index is 12.2. The smallest absolute Gasteiger partial charge is 0.338 e. The summed E-state index contributed by atoms with van der Waals surface area (Å²) in [6.45, 7) is 4.46. The molecule has 1 atom stereocenters. The van der Waals surface area contributed by atoms with Crippen LogP contribution in [0.15, 0.2) is 42.5 Å². The van der Waals surface area contributed by atoms with Crippen molar-refractivity contribution in [3.05, 3.63) is 53.6 Å². The van der Waals surface area contributed by atoms with Crippen LogP contribution in [-0.2, 0) is 14.8 Å². The first-order valence-corrected chi connectivity index (χ1v) is 15.0. The molecule has 3 rings (SSSR count). The first-order chi connectivity index (χ1) is 18.2. The minimum atomic E-state index is -3.56. The number of ether oxygens (including phenoxy) is 2. The largest absolute Gasteiger partial charge is 0.506 e. The van der Waals surface area contributed by atoms with Crippen LogP contribution in [0.3, 0.4) is 0 Å². The van der Waals surface area contributed by atoms with Gasteiger partial charge in [0.2, 0.25) is 10.0 Å². The van der Waals surface area contributed by atoms with Crippen molar-refractivity contribution in [2.45, 2.75) is 70.4 Å². The number of anilines is 1. The first-order valence-electron chi connectivity index (χ1n) is 13.4. The van der Waals surface area contributed by atoms with Crippen LogP contribution in [0.25, 0.3) is 0 Å². The zero-order valence-corrected chi connectivity index (χ0v) is 23.0. The van der Waals surface area contributed by atoms with Crippen LogP contribution >= 0.6 is 0 Å². The van der Waals surface area contributed by atoms with Gasteiger partial charge in [0.1, 0.15) is 24.2 Å². The lowest BCUT2D eigenvalue weighted by Crippen LogP contribution is -2.39. The van der Waals surface area contributed by atoms with E-state index in [0.717, 1.165) is 32.1 Å². The van der Waals surface area contributed by atoms with E-state index in [1.165, 1.54) is 23.8 Å². The highest BCUT2D eigenvalue weighted by molar-refractivity contribution is 7.92. The Hall–Kier alpha value is -2.82. The molecule has 1 aliphatic carbocycles. The van der Waals surface area contributed by atoms with Crippen molar-refractivity contribution in [3.63, 3.8) is 0 Å². The summed E-state index contributed by atoms with van der Waals surface area (Å²) in [4.78, 5) is 11.8. The Kier molecular flexibility index (Phi) is 11.2. The van der Waals surface area contributed by atoms with Crippen molar-refractivity contribution in [1.29, 1.82) is 0 Å². The molecule has 2 aromatic carbocycles. The Morgan fingerprint density at radius 3 is 2.45 bits per heavy atom. The number of aliphatic hydroxyl groups is 1. The predicted octanol–water partition coefficient (Wildman–Crippen LogP) is 4.17. The highest BCUT2D eigenvalue weighted by atomic mass is 32.2. The van der Waals surface area contributed by atoms with Crippen LogP contribution in [0.5, 0.6) is 11.5 Å². The minimum absolute atomic E-state index is 0.0257. The summed E-state index contributed by atoms with van der Waals surface area (Å²) >= 11 is 0. The average Bonchev–Trinajstić information content (AvgIpc) is 2.91. The molecule has 0 amide bonds. The van der Waals surface area contributed by atoms with Crippen molar-refractivity contribution in [2.75, 3.05) is 30.2 Å². The fourth-order valence-corrected chi connectivity index (χ4v) is 5.80.